The van der Waals surface area contributed by atoms with Gasteiger partial charge in [0.15, 0.2) is 0 Å². The number of rotatable bonds is 5. The van der Waals surface area contributed by atoms with Gasteiger partial charge < -0.3 is 5.11 Å². The SMILES string of the molecule is Cc1nn(C)c(CC(O)CCC2CCCCC2)c1Br. The molecular weight excluding hydrogens is 304 g/mol. The Labute approximate surface area is 124 Å². The van der Waals surface area contributed by atoms with Gasteiger partial charge in [0.05, 0.1) is 22.0 Å². The third-order valence-electron chi connectivity index (χ3n) is 4.32. The molecular formula is C15H25BrN2O. The molecule has 1 heterocycles. The molecule has 0 spiro atoms. The quantitative estimate of drug-likeness (QED) is 0.893. The van der Waals surface area contributed by atoms with Crippen molar-refractivity contribution in [1.29, 1.82) is 0 Å². The van der Waals surface area contributed by atoms with Crippen LogP contribution in [0.5, 0.6) is 0 Å². The summed E-state index contributed by atoms with van der Waals surface area (Å²) in [4.78, 5) is 0. The van der Waals surface area contributed by atoms with Crippen molar-refractivity contribution in [3.8, 4) is 0 Å². The van der Waals surface area contributed by atoms with Crippen LogP contribution >= 0.6 is 15.9 Å². The molecule has 1 aliphatic carbocycles. The highest BCUT2D eigenvalue weighted by molar-refractivity contribution is 9.10. The van der Waals surface area contributed by atoms with Crippen molar-refractivity contribution in [3.63, 3.8) is 0 Å². The largest absolute Gasteiger partial charge is 0.393 e. The number of aromatic nitrogens is 2. The van der Waals surface area contributed by atoms with Crippen molar-refractivity contribution >= 4 is 15.9 Å². The van der Waals surface area contributed by atoms with Gasteiger partial charge in [-0.3, -0.25) is 4.68 Å². The zero-order valence-corrected chi connectivity index (χ0v) is 13.6. The number of hydrogen-bond donors (Lipinski definition) is 1. The fourth-order valence-corrected chi connectivity index (χ4v) is 3.63. The van der Waals surface area contributed by atoms with E-state index in [9.17, 15) is 5.11 Å². The molecule has 1 aliphatic rings. The maximum atomic E-state index is 10.2. The minimum atomic E-state index is -0.243. The van der Waals surface area contributed by atoms with Crippen molar-refractivity contribution < 1.29 is 5.11 Å². The summed E-state index contributed by atoms with van der Waals surface area (Å²) in [7, 11) is 1.95. The first-order valence-electron chi connectivity index (χ1n) is 7.44. The van der Waals surface area contributed by atoms with E-state index in [0.29, 0.717) is 6.42 Å². The first-order valence-corrected chi connectivity index (χ1v) is 8.23. The lowest BCUT2D eigenvalue weighted by Crippen LogP contribution is -2.16. The zero-order valence-electron chi connectivity index (χ0n) is 12.0. The van der Waals surface area contributed by atoms with Gasteiger partial charge in [-0.05, 0) is 41.6 Å². The van der Waals surface area contributed by atoms with Crippen molar-refractivity contribution in [3.05, 3.63) is 15.9 Å². The second-order valence-corrected chi connectivity index (χ2v) is 6.70. The third kappa shape index (κ3) is 4.06. The smallest absolute Gasteiger partial charge is 0.0738 e. The van der Waals surface area contributed by atoms with E-state index in [-0.39, 0.29) is 6.10 Å². The molecule has 2 rings (SSSR count). The lowest BCUT2D eigenvalue weighted by atomic mass is 9.85. The molecule has 1 aromatic heterocycles. The molecule has 1 N–H and O–H groups in total. The minimum Gasteiger partial charge on any atom is -0.393 e. The van der Waals surface area contributed by atoms with Crippen LogP contribution in [0.4, 0.5) is 0 Å². The molecule has 1 saturated carbocycles. The summed E-state index contributed by atoms with van der Waals surface area (Å²) in [5.74, 6) is 0.847. The topological polar surface area (TPSA) is 38.0 Å². The predicted molar refractivity (Wildman–Crippen MR) is 81.2 cm³/mol. The van der Waals surface area contributed by atoms with Gasteiger partial charge in [0.1, 0.15) is 0 Å². The Morgan fingerprint density at radius 3 is 2.63 bits per heavy atom. The first-order chi connectivity index (χ1) is 9.08. The summed E-state index contributed by atoms with van der Waals surface area (Å²) in [6.45, 7) is 1.99. The van der Waals surface area contributed by atoms with E-state index in [0.717, 1.165) is 28.2 Å². The highest BCUT2D eigenvalue weighted by Crippen LogP contribution is 2.28. The van der Waals surface area contributed by atoms with Crippen LogP contribution in [0, 0.1) is 12.8 Å². The minimum absolute atomic E-state index is 0.243. The average Bonchev–Trinajstić information content (AvgIpc) is 2.64. The molecule has 108 valence electrons. The predicted octanol–water partition coefficient (Wildman–Crippen LogP) is 3.75. The Bertz CT molecular complexity index is 411. The van der Waals surface area contributed by atoms with Gasteiger partial charge in [0.25, 0.3) is 0 Å². The Hall–Kier alpha value is -0.350. The first kappa shape index (κ1) is 15.0. The van der Waals surface area contributed by atoms with Gasteiger partial charge in [-0.2, -0.15) is 5.10 Å². The molecule has 1 unspecified atom stereocenters. The van der Waals surface area contributed by atoms with Gasteiger partial charge in [-0.15, -0.1) is 0 Å². The molecule has 0 amide bonds. The zero-order chi connectivity index (χ0) is 13.8. The van der Waals surface area contributed by atoms with Gasteiger partial charge in [-0.1, -0.05) is 32.1 Å². The molecule has 0 bridgehead atoms. The van der Waals surface area contributed by atoms with E-state index in [1.807, 2.05) is 18.7 Å². The molecule has 1 fully saturated rings. The maximum Gasteiger partial charge on any atom is 0.0738 e. The van der Waals surface area contributed by atoms with Crippen LogP contribution in [0.3, 0.4) is 0 Å². The average molecular weight is 329 g/mol. The molecule has 1 atom stereocenters. The number of aliphatic hydroxyl groups excluding tert-OH is 1. The van der Waals surface area contributed by atoms with E-state index in [2.05, 4.69) is 21.0 Å². The summed E-state index contributed by atoms with van der Waals surface area (Å²) < 4.78 is 2.93. The third-order valence-corrected chi connectivity index (χ3v) is 5.36. The van der Waals surface area contributed by atoms with E-state index < -0.39 is 0 Å². The summed E-state index contributed by atoms with van der Waals surface area (Å²) >= 11 is 3.56. The standard InChI is InChI=1S/C15H25BrN2O/c1-11-15(16)14(18(2)17-11)10-13(19)9-8-12-6-4-3-5-7-12/h12-13,19H,3-10H2,1-2H3. The van der Waals surface area contributed by atoms with E-state index in [1.54, 1.807) is 0 Å². The maximum absolute atomic E-state index is 10.2. The Morgan fingerprint density at radius 2 is 2.05 bits per heavy atom. The summed E-state index contributed by atoms with van der Waals surface area (Å²) in [6.07, 6.45) is 9.44. The van der Waals surface area contributed by atoms with Crippen LogP contribution in [0.25, 0.3) is 0 Å². The Morgan fingerprint density at radius 1 is 1.37 bits per heavy atom. The highest BCUT2D eigenvalue weighted by Gasteiger charge is 2.18. The van der Waals surface area contributed by atoms with Gasteiger partial charge in [-0.25, -0.2) is 0 Å². The molecule has 3 nitrogen and oxygen atoms in total. The molecule has 4 heteroatoms. The van der Waals surface area contributed by atoms with Gasteiger partial charge in [0, 0.05) is 13.5 Å². The van der Waals surface area contributed by atoms with Crippen molar-refractivity contribution in [1.82, 2.24) is 9.78 Å². The van der Waals surface area contributed by atoms with Crippen LogP contribution in [0.1, 0.15) is 56.3 Å². The van der Waals surface area contributed by atoms with Crippen molar-refractivity contribution in [2.24, 2.45) is 13.0 Å². The van der Waals surface area contributed by atoms with Crippen LogP contribution in [0.15, 0.2) is 4.47 Å². The lowest BCUT2D eigenvalue weighted by molar-refractivity contribution is 0.147. The Balaban J connectivity index is 1.81. The highest BCUT2D eigenvalue weighted by atomic mass is 79.9. The lowest BCUT2D eigenvalue weighted by Gasteiger charge is -2.22. The summed E-state index contributed by atoms with van der Waals surface area (Å²) in [6, 6.07) is 0. The molecule has 0 saturated heterocycles. The Kier molecular flexibility index (Phi) is 5.46. The summed E-state index contributed by atoms with van der Waals surface area (Å²) in [5.41, 5.74) is 2.10. The van der Waals surface area contributed by atoms with Crippen LogP contribution in [0.2, 0.25) is 0 Å². The van der Waals surface area contributed by atoms with E-state index >= 15 is 0 Å². The van der Waals surface area contributed by atoms with Crippen LogP contribution in [-0.2, 0) is 13.5 Å². The number of halogens is 1. The second-order valence-electron chi connectivity index (χ2n) is 5.91. The monoisotopic (exact) mass is 328 g/mol. The number of aliphatic hydroxyl groups is 1. The molecule has 0 aromatic carbocycles. The van der Waals surface area contributed by atoms with Crippen molar-refractivity contribution in [2.45, 2.75) is 64.4 Å². The van der Waals surface area contributed by atoms with Gasteiger partial charge in [0.2, 0.25) is 0 Å². The van der Waals surface area contributed by atoms with E-state index in [1.165, 1.54) is 38.5 Å². The van der Waals surface area contributed by atoms with Crippen LogP contribution in [-0.4, -0.2) is 21.0 Å². The molecule has 1 aromatic rings. The van der Waals surface area contributed by atoms with Crippen LogP contribution < -0.4 is 0 Å². The fourth-order valence-electron chi connectivity index (χ4n) is 3.13. The second kappa shape index (κ2) is 6.89. The number of hydrogen-bond acceptors (Lipinski definition) is 2. The molecule has 0 radical (unpaired) electrons. The number of nitrogens with zero attached hydrogens (tertiary/aromatic N) is 2. The summed E-state index contributed by atoms with van der Waals surface area (Å²) in [5, 5.41) is 14.6. The van der Waals surface area contributed by atoms with E-state index in [4.69, 9.17) is 0 Å². The number of aryl methyl sites for hydroxylation is 2. The van der Waals surface area contributed by atoms with Gasteiger partial charge >= 0.3 is 0 Å². The molecule has 0 aliphatic heterocycles. The fraction of sp³-hybridized carbons (Fsp3) is 0.800. The molecule has 19 heavy (non-hydrogen) atoms. The van der Waals surface area contributed by atoms with Crippen molar-refractivity contribution in [2.75, 3.05) is 0 Å². The normalized spacial score (nSPS) is 18.7.